The fourth-order valence-corrected chi connectivity index (χ4v) is 2.07. The summed E-state index contributed by atoms with van der Waals surface area (Å²) in [5.41, 5.74) is 0.561. The van der Waals surface area contributed by atoms with Crippen LogP contribution in [0.3, 0.4) is 0 Å². The van der Waals surface area contributed by atoms with Gasteiger partial charge in [0.1, 0.15) is 18.4 Å². The Hall–Kier alpha value is -1.61. The van der Waals surface area contributed by atoms with E-state index in [1.54, 1.807) is 20.3 Å². The van der Waals surface area contributed by atoms with Crippen molar-refractivity contribution in [2.24, 2.45) is 0 Å². The molecule has 0 saturated heterocycles. The van der Waals surface area contributed by atoms with Crippen LogP contribution in [0.25, 0.3) is 0 Å². The fourth-order valence-electron chi connectivity index (χ4n) is 2.07. The molecule has 0 fully saturated rings. The second kappa shape index (κ2) is 10.2. The highest BCUT2D eigenvalue weighted by Gasteiger charge is 2.13. The van der Waals surface area contributed by atoms with Gasteiger partial charge in [0.25, 0.3) is 0 Å². The summed E-state index contributed by atoms with van der Waals surface area (Å²) in [5.74, 6) is 0.631. The third-order valence-corrected chi connectivity index (χ3v) is 3.26. The first kappa shape index (κ1) is 17.4. The van der Waals surface area contributed by atoms with Crippen molar-refractivity contribution in [3.63, 3.8) is 0 Å². The fraction of sp³-hybridized carbons (Fsp3) is 0.562. The molecule has 0 saturated carbocycles. The molecular weight excluding hydrogens is 268 g/mol. The topological polar surface area (TPSA) is 54.7 Å². The van der Waals surface area contributed by atoms with E-state index < -0.39 is 0 Å². The molecule has 1 aromatic carbocycles. The van der Waals surface area contributed by atoms with Gasteiger partial charge in [0.2, 0.25) is 0 Å². The van der Waals surface area contributed by atoms with Crippen LogP contribution in [0, 0.1) is 11.3 Å². The number of ether oxygens (including phenoxy) is 3. The number of nitriles is 1. The zero-order valence-electron chi connectivity index (χ0n) is 13.0. The van der Waals surface area contributed by atoms with Crippen molar-refractivity contribution in [3.8, 4) is 11.8 Å². The van der Waals surface area contributed by atoms with E-state index in [1.165, 1.54) is 0 Å². The molecule has 21 heavy (non-hydrogen) atoms. The molecule has 1 unspecified atom stereocenters. The van der Waals surface area contributed by atoms with Gasteiger partial charge in [-0.15, -0.1) is 0 Å². The van der Waals surface area contributed by atoms with Crippen LogP contribution in [-0.2, 0) is 9.47 Å². The maximum atomic E-state index is 9.03. The number of nitrogens with zero attached hydrogens (tertiary/aromatic N) is 2. The first-order valence-corrected chi connectivity index (χ1v) is 7.06. The van der Waals surface area contributed by atoms with Gasteiger partial charge in [-0.1, -0.05) is 12.1 Å². The summed E-state index contributed by atoms with van der Waals surface area (Å²) in [5, 5.41) is 9.03. The molecule has 0 aliphatic rings. The molecule has 1 rings (SSSR count). The Labute approximate surface area is 127 Å². The average molecular weight is 292 g/mol. The maximum Gasteiger partial charge on any atom is 0.137 e. The van der Waals surface area contributed by atoms with Gasteiger partial charge in [-0.2, -0.15) is 5.26 Å². The van der Waals surface area contributed by atoms with Crippen molar-refractivity contribution in [2.75, 3.05) is 47.1 Å². The lowest BCUT2D eigenvalue weighted by Gasteiger charge is -2.28. The summed E-state index contributed by atoms with van der Waals surface area (Å²) in [6.07, 6.45) is 0. The quantitative estimate of drug-likeness (QED) is 0.659. The van der Waals surface area contributed by atoms with E-state index in [1.807, 2.05) is 18.2 Å². The van der Waals surface area contributed by atoms with E-state index in [9.17, 15) is 0 Å². The van der Waals surface area contributed by atoms with E-state index in [0.29, 0.717) is 37.2 Å². The normalized spacial score (nSPS) is 12.1. The van der Waals surface area contributed by atoms with Gasteiger partial charge in [-0.05, 0) is 19.1 Å². The van der Waals surface area contributed by atoms with Crippen molar-refractivity contribution < 1.29 is 14.2 Å². The summed E-state index contributed by atoms with van der Waals surface area (Å²) >= 11 is 0. The highest BCUT2D eigenvalue weighted by molar-refractivity contribution is 5.42. The Morgan fingerprint density at radius 3 is 2.52 bits per heavy atom. The summed E-state index contributed by atoms with van der Waals surface area (Å²) < 4.78 is 16.1. The Kier molecular flexibility index (Phi) is 8.44. The van der Waals surface area contributed by atoms with Crippen molar-refractivity contribution in [3.05, 3.63) is 29.8 Å². The molecule has 0 bridgehead atoms. The van der Waals surface area contributed by atoms with Crippen molar-refractivity contribution >= 4 is 0 Å². The largest absolute Gasteiger partial charge is 0.491 e. The average Bonchev–Trinajstić information content (AvgIpc) is 2.51. The molecule has 0 aliphatic carbocycles. The van der Waals surface area contributed by atoms with Crippen molar-refractivity contribution in [1.82, 2.24) is 4.90 Å². The third-order valence-electron chi connectivity index (χ3n) is 3.26. The minimum atomic E-state index is 0.292. The Bertz CT molecular complexity index is 445. The van der Waals surface area contributed by atoms with Gasteiger partial charge in [0.05, 0.1) is 18.8 Å². The first-order valence-electron chi connectivity index (χ1n) is 7.06. The Balaban J connectivity index is 2.50. The van der Waals surface area contributed by atoms with Gasteiger partial charge in [0.15, 0.2) is 0 Å². The summed E-state index contributed by atoms with van der Waals surface area (Å²) in [4.78, 5) is 2.25. The van der Waals surface area contributed by atoms with E-state index in [0.717, 1.165) is 13.1 Å². The molecule has 0 spiro atoms. The number of benzene rings is 1. The van der Waals surface area contributed by atoms with E-state index >= 15 is 0 Å². The number of hydrogen-bond donors (Lipinski definition) is 0. The van der Waals surface area contributed by atoms with Crippen LogP contribution in [-0.4, -0.2) is 58.1 Å². The minimum absolute atomic E-state index is 0.292. The molecule has 1 aromatic rings. The van der Waals surface area contributed by atoms with Gasteiger partial charge in [-0.3, -0.25) is 4.90 Å². The van der Waals surface area contributed by atoms with Crippen LogP contribution in [0.15, 0.2) is 24.3 Å². The molecule has 0 heterocycles. The highest BCUT2D eigenvalue weighted by Crippen LogP contribution is 2.16. The molecule has 5 nitrogen and oxygen atoms in total. The monoisotopic (exact) mass is 292 g/mol. The molecule has 0 aliphatic heterocycles. The molecule has 0 radical (unpaired) electrons. The highest BCUT2D eigenvalue weighted by atomic mass is 16.5. The summed E-state index contributed by atoms with van der Waals surface area (Å²) in [6, 6.07) is 9.69. The Morgan fingerprint density at radius 2 is 1.86 bits per heavy atom. The lowest BCUT2D eigenvalue weighted by atomic mass is 10.2. The van der Waals surface area contributed by atoms with Crippen LogP contribution in [0.5, 0.6) is 5.75 Å². The first-order chi connectivity index (χ1) is 10.2. The molecule has 116 valence electrons. The standard InChI is InChI=1S/C16H24N2O3/c1-14(13-20-3)18(8-10-19-2)9-11-21-16-7-5-4-6-15(16)12-17/h4-7,14H,8-11,13H2,1-3H3. The molecular formula is C16H24N2O3. The number of methoxy groups -OCH3 is 2. The number of para-hydroxylation sites is 1. The zero-order valence-corrected chi connectivity index (χ0v) is 13.0. The van der Waals surface area contributed by atoms with Crippen LogP contribution in [0.2, 0.25) is 0 Å². The number of rotatable bonds is 10. The van der Waals surface area contributed by atoms with Gasteiger partial charge in [0, 0.05) is 33.4 Å². The van der Waals surface area contributed by atoms with Gasteiger partial charge in [-0.25, -0.2) is 0 Å². The Morgan fingerprint density at radius 1 is 1.14 bits per heavy atom. The second-order valence-corrected chi connectivity index (χ2v) is 4.79. The van der Waals surface area contributed by atoms with Crippen LogP contribution in [0.4, 0.5) is 0 Å². The van der Waals surface area contributed by atoms with E-state index in [4.69, 9.17) is 19.5 Å². The van der Waals surface area contributed by atoms with Crippen LogP contribution in [0.1, 0.15) is 12.5 Å². The molecule has 5 heteroatoms. The van der Waals surface area contributed by atoms with Crippen molar-refractivity contribution in [1.29, 1.82) is 5.26 Å². The van der Waals surface area contributed by atoms with E-state index in [2.05, 4.69) is 17.9 Å². The molecule has 0 aromatic heterocycles. The summed E-state index contributed by atoms with van der Waals surface area (Å²) in [7, 11) is 3.39. The lowest BCUT2D eigenvalue weighted by Crippen LogP contribution is -2.41. The van der Waals surface area contributed by atoms with Crippen LogP contribution < -0.4 is 4.74 Å². The lowest BCUT2D eigenvalue weighted by molar-refractivity contribution is 0.0661. The zero-order chi connectivity index (χ0) is 15.5. The smallest absolute Gasteiger partial charge is 0.137 e. The molecule has 0 N–H and O–H groups in total. The van der Waals surface area contributed by atoms with Gasteiger partial charge >= 0.3 is 0 Å². The minimum Gasteiger partial charge on any atom is -0.491 e. The second-order valence-electron chi connectivity index (χ2n) is 4.79. The molecule has 1 atom stereocenters. The third kappa shape index (κ3) is 6.13. The van der Waals surface area contributed by atoms with Crippen molar-refractivity contribution in [2.45, 2.75) is 13.0 Å². The molecule has 0 amide bonds. The predicted octanol–water partition coefficient (Wildman–Crippen LogP) is 1.92. The van der Waals surface area contributed by atoms with Gasteiger partial charge < -0.3 is 14.2 Å². The predicted molar refractivity (Wildman–Crippen MR) is 81.4 cm³/mol. The van der Waals surface area contributed by atoms with E-state index in [-0.39, 0.29) is 0 Å². The number of hydrogen-bond acceptors (Lipinski definition) is 5. The SMILES string of the molecule is COCCN(CCOc1ccccc1C#N)C(C)COC. The maximum absolute atomic E-state index is 9.03. The van der Waals surface area contributed by atoms with Crippen LogP contribution >= 0.6 is 0 Å². The summed E-state index contributed by atoms with van der Waals surface area (Å²) in [6.45, 7) is 5.55.